The second-order valence-corrected chi connectivity index (χ2v) is 8.29. The molecule has 32 heavy (non-hydrogen) atoms. The first-order valence-electron chi connectivity index (χ1n) is 9.29. The first kappa shape index (κ1) is 22.3. The van der Waals surface area contributed by atoms with Crippen LogP contribution in [0.15, 0.2) is 46.6 Å². The summed E-state index contributed by atoms with van der Waals surface area (Å²) in [6.07, 6.45) is -3.13. The minimum Gasteiger partial charge on any atom is -0.492 e. The smallest absolute Gasteiger partial charge is 0.416 e. The molecule has 2 heterocycles. The molecule has 0 saturated heterocycles. The molecule has 0 fully saturated rings. The molecule has 1 aliphatic rings. The number of halogens is 4. The highest BCUT2D eigenvalue weighted by molar-refractivity contribution is 7.16. The summed E-state index contributed by atoms with van der Waals surface area (Å²) in [5.41, 5.74) is 0.396. The summed E-state index contributed by atoms with van der Waals surface area (Å²) in [5.74, 6) is -0.287. The van der Waals surface area contributed by atoms with Crippen LogP contribution in [0.25, 0.3) is 5.57 Å². The molecule has 3 aromatic rings. The molecule has 0 aliphatic carbocycles. The quantitative estimate of drug-likeness (QED) is 0.524. The predicted molar refractivity (Wildman–Crippen MR) is 117 cm³/mol. The van der Waals surface area contributed by atoms with Gasteiger partial charge in [0.15, 0.2) is 5.13 Å². The Labute approximate surface area is 189 Å². The van der Waals surface area contributed by atoms with Gasteiger partial charge in [0.1, 0.15) is 6.73 Å². The number of ether oxygens (including phenoxy) is 1. The summed E-state index contributed by atoms with van der Waals surface area (Å²) in [6, 6.07) is 8.90. The first-order chi connectivity index (χ1) is 15.3. The van der Waals surface area contributed by atoms with Crippen molar-refractivity contribution in [2.24, 2.45) is 10.2 Å². The Morgan fingerprint density at radius 3 is 2.78 bits per heavy atom. The topological polar surface area (TPSA) is 79.1 Å². The molecular formula is C21H16ClF3N4O2S. The van der Waals surface area contributed by atoms with Gasteiger partial charge in [-0.3, -0.25) is 0 Å². The molecule has 0 spiro atoms. The maximum Gasteiger partial charge on any atom is 0.416 e. The molecule has 0 unspecified atom stereocenters. The molecule has 4 rings (SSSR count). The van der Waals surface area contributed by atoms with E-state index in [2.05, 4.69) is 20.5 Å². The Bertz CT molecular complexity index is 1320. The Morgan fingerprint density at radius 2 is 2.03 bits per heavy atom. The van der Waals surface area contributed by atoms with Crippen molar-refractivity contribution < 1.29 is 23.0 Å². The number of benzene rings is 2. The van der Waals surface area contributed by atoms with Gasteiger partial charge in [-0.15, -0.1) is 0 Å². The average Bonchev–Trinajstić information content (AvgIpc) is 3.36. The number of fused-ring (bicyclic) bond motifs is 1. The van der Waals surface area contributed by atoms with Gasteiger partial charge in [-0.1, -0.05) is 35.1 Å². The van der Waals surface area contributed by atoms with E-state index in [0.29, 0.717) is 26.2 Å². The lowest BCUT2D eigenvalue weighted by Crippen LogP contribution is -2.17. The Kier molecular flexibility index (Phi) is 6.18. The molecule has 0 atom stereocenters. The van der Waals surface area contributed by atoms with E-state index in [1.807, 2.05) is 0 Å². The van der Waals surface area contributed by atoms with Crippen LogP contribution < -0.4 is 15.9 Å². The fourth-order valence-electron chi connectivity index (χ4n) is 3.28. The molecule has 2 aromatic carbocycles. The molecule has 2 N–H and O–H groups in total. The maximum absolute atomic E-state index is 13.7. The molecule has 1 aliphatic heterocycles. The SMILES string of the molecule is COCNc1nc(O)c(C(Cc2ccc(Cl)cc2C(F)(F)F)=c2ccc3c(c2)C=NN=3)s1. The van der Waals surface area contributed by atoms with Crippen LogP contribution in [0.3, 0.4) is 0 Å². The van der Waals surface area contributed by atoms with Gasteiger partial charge in [0.05, 0.1) is 22.0 Å². The summed E-state index contributed by atoms with van der Waals surface area (Å²) >= 11 is 6.95. The number of anilines is 1. The number of rotatable bonds is 6. The van der Waals surface area contributed by atoms with Crippen molar-refractivity contribution >= 4 is 39.9 Å². The first-order valence-corrected chi connectivity index (χ1v) is 10.5. The van der Waals surface area contributed by atoms with Crippen molar-refractivity contribution in [2.75, 3.05) is 19.2 Å². The fourth-order valence-corrected chi connectivity index (χ4v) is 4.36. The Hall–Kier alpha value is -2.95. The average molecular weight is 481 g/mol. The molecule has 0 amide bonds. The van der Waals surface area contributed by atoms with Gasteiger partial charge in [-0.25, -0.2) is 0 Å². The summed E-state index contributed by atoms with van der Waals surface area (Å²) < 4.78 is 46.1. The number of thiazole rings is 1. The number of hydrogen-bond acceptors (Lipinski definition) is 7. The van der Waals surface area contributed by atoms with E-state index in [1.54, 1.807) is 24.4 Å². The van der Waals surface area contributed by atoms with Gasteiger partial charge < -0.3 is 15.2 Å². The van der Waals surface area contributed by atoms with Crippen LogP contribution in [0, 0.1) is 0 Å². The van der Waals surface area contributed by atoms with Crippen LogP contribution in [-0.2, 0) is 17.3 Å². The Morgan fingerprint density at radius 1 is 1.22 bits per heavy atom. The lowest BCUT2D eigenvalue weighted by atomic mass is 9.96. The summed E-state index contributed by atoms with van der Waals surface area (Å²) in [7, 11) is 1.50. The fraction of sp³-hybridized carbons (Fsp3) is 0.190. The van der Waals surface area contributed by atoms with Crippen LogP contribution in [0.2, 0.25) is 5.02 Å². The molecular weight excluding hydrogens is 465 g/mol. The number of methoxy groups -OCH3 is 1. The lowest BCUT2D eigenvalue weighted by Gasteiger charge is -2.15. The number of aromatic nitrogens is 1. The molecule has 0 radical (unpaired) electrons. The summed E-state index contributed by atoms with van der Waals surface area (Å²) in [5, 5.41) is 22.9. The maximum atomic E-state index is 13.7. The second kappa shape index (κ2) is 8.89. The Balaban J connectivity index is 1.90. The third-order valence-electron chi connectivity index (χ3n) is 4.73. The normalized spacial score (nSPS) is 13.7. The zero-order valence-electron chi connectivity index (χ0n) is 16.6. The van der Waals surface area contributed by atoms with Crippen LogP contribution in [0.5, 0.6) is 5.88 Å². The van der Waals surface area contributed by atoms with Gasteiger partial charge in [-0.05, 0) is 40.6 Å². The molecule has 0 saturated carbocycles. The van der Waals surface area contributed by atoms with Crippen LogP contribution in [0.1, 0.15) is 21.6 Å². The van der Waals surface area contributed by atoms with Crippen molar-refractivity contribution in [3.63, 3.8) is 0 Å². The number of hydrogen-bond donors (Lipinski definition) is 2. The molecule has 0 bridgehead atoms. The van der Waals surface area contributed by atoms with Crippen molar-refractivity contribution in [1.29, 1.82) is 0 Å². The molecule has 6 nitrogen and oxygen atoms in total. The highest BCUT2D eigenvalue weighted by Crippen LogP contribution is 2.38. The summed E-state index contributed by atoms with van der Waals surface area (Å²) in [6.45, 7) is 0.161. The van der Waals surface area contributed by atoms with Gasteiger partial charge >= 0.3 is 6.18 Å². The zero-order chi connectivity index (χ0) is 22.9. The van der Waals surface area contributed by atoms with Gasteiger partial charge in [0.25, 0.3) is 0 Å². The van der Waals surface area contributed by atoms with Crippen molar-refractivity contribution in [3.8, 4) is 5.88 Å². The van der Waals surface area contributed by atoms with Gasteiger partial charge in [-0.2, -0.15) is 28.4 Å². The summed E-state index contributed by atoms with van der Waals surface area (Å²) in [4.78, 5) is 4.41. The van der Waals surface area contributed by atoms with E-state index < -0.39 is 11.7 Å². The largest absolute Gasteiger partial charge is 0.492 e. The van der Waals surface area contributed by atoms with Crippen LogP contribution >= 0.6 is 22.9 Å². The lowest BCUT2D eigenvalue weighted by molar-refractivity contribution is -0.138. The zero-order valence-corrected chi connectivity index (χ0v) is 18.1. The monoisotopic (exact) mass is 480 g/mol. The highest BCUT2D eigenvalue weighted by atomic mass is 35.5. The third-order valence-corrected chi connectivity index (χ3v) is 6.03. The number of alkyl halides is 3. The number of nitrogens with one attached hydrogen (secondary N) is 1. The van der Waals surface area contributed by atoms with E-state index >= 15 is 0 Å². The second-order valence-electron chi connectivity index (χ2n) is 6.85. The standard InChI is InChI=1S/C21H16ClF3N4O2S/c1-31-10-26-20-28-19(30)18(32-20)15(11-3-5-17-13(6-11)9-27-29-17)7-12-2-4-14(22)8-16(12)21(23,24)25/h2-6,8-9,30H,7,10H2,1H3,(H,26,28). The molecule has 166 valence electrons. The van der Waals surface area contributed by atoms with E-state index in [9.17, 15) is 18.3 Å². The minimum absolute atomic E-state index is 0.00957. The molecule has 11 heteroatoms. The van der Waals surface area contributed by atoms with E-state index in [0.717, 1.165) is 23.0 Å². The van der Waals surface area contributed by atoms with E-state index in [4.69, 9.17) is 16.3 Å². The van der Waals surface area contributed by atoms with Crippen molar-refractivity contribution in [1.82, 2.24) is 4.98 Å². The minimum atomic E-state index is -4.59. The van der Waals surface area contributed by atoms with Crippen molar-refractivity contribution in [3.05, 3.63) is 73.6 Å². The number of aromatic hydroxyl groups is 1. The van der Waals surface area contributed by atoms with E-state index in [-0.39, 0.29) is 29.6 Å². The van der Waals surface area contributed by atoms with Gasteiger partial charge in [0, 0.05) is 24.1 Å². The highest BCUT2D eigenvalue weighted by Gasteiger charge is 2.34. The van der Waals surface area contributed by atoms with Crippen LogP contribution in [0.4, 0.5) is 18.3 Å². The predicted octanol–water partition coefficient (Wildman–Crippen LogP) is 3.95. The van der Waals surface area contributed by atoms with E-state index in [1.165, 1.54) is 19.2 Å². The van der Waals surface area contributed by atoms with Gasteiger partial charge in [0.2, 0.25) is 5.88 Å². The van der Waals surface area contributed by atoms with Crippen molar-refractivity contribution in [2.45, 2.75) is 12.6 Å². The number of nitrogens with zero attached hydrogens (tertiary/aromatic N) is 3. The van der Waals surface area contributed by atoms with Crippen LogP contribution in [-0.4, -0.2) is 30.1 Å². The molecule has 1 aromatic heterocycles. The third kappa shape index (κ3) is 4.62.